The van der Waals surface area contributed by atoms with Crippen LogP contribution in [0.4, 0.5) is 4.79 Å². The highest BCUT2D eigenvalue weighted by Crippen LogP contribution is 2.25. The number of hydrogen-bond acceptors (Lipinski definition) is 4. The highest BCUT2D eigenvalue weighted by atomic mass is 16.6. The number of nitrogens with one attached hydrogen (secondary N) is 1. The van der Waals surface area contributed by atoms with Gasteiger partial charge in [0.15, 0.2) is 0 Å². The molecule has 0 spiro atoms. The van der Waals surface area contributed by atoms with Crippen molar-refractivity contribution >= 4 is 12.0 Å². The lowest BCUT2D eigenvalue weighted by atomic mass is 9.82. The summed E-state index contributed by atoms with van der Waals surface area (Å²) in [5, 5.41) is 2.79. The van der Waals surface area contributed by atoms with E-state index in [1.807, 2.05) is 20.8 Å². The van der Waals surface area contributed by atoms with Gasteiger partial charge in [-0.05, 0) is 40.0 Å². The Morgan fingerprint density at radius 1 is 1.25 bits per heavy atom. The van der Waals surface area contributed by atoms with E-state index in [2.05, 4.69) is 5.32 Å². The zero-order valence-corrected chi connectivity index (χ0v) is 13.1. The van der Waals surface area contributed by atoms with E-state index < -0.39 is 11.7 Å². The van der Waals surface area contributed by atoms with Crippen molar-refractivity contribution in [2.75, 3.05) is 14.1 Å². The molecule has 0 saturated heterocycles. The molecule has 1 aliphatic carbocycles. The number of carbonyl (C=O) groups excluding carboxylic acids is 2. The maximum absolute atomic E-state index is 12.0. The molecule has 20 heavy (non-hydrogen) atoms. The minimum absolute atomic E-state index is 0.0789. The van der Waals surface area contributed by atoms with Crippen LogP contribution in [0.15, 0.2) is 0 Å². The van der Waals surface area contributed by atoms with Gasteiger partial charge in [0.2, 0.25) is 5.91 Å². The van der Waals surface area contributed by atoms with Gasteiger partial charge in [-0.2, -0.15) is 0 Å². The Balaban J connectivity index is 2.59. The predicted octanol–water partition coefficient (Wildman–Crippen LogP) is 1.10. The summed E-state index contributed by atoms with van der Waals surface area (Å²) >= 11 is 0. The number of alkyl carbamates (subject to hydrolysis) is 1. The number of ether oxygens (including phenoxy) is 1. The molecule has 1 saturated carbocycles. The second kappa shape index (κ2) is 6.43. The van der Waals surface area contributed by atoms with E-state index in [-0.39, 0.29) is 23.9 Å². The lowest BCUT2D eigenvalue weighted by molar-refractivity contribution is -0.134. The van der Waals surface area contributed by atoms with Crippen LogP contribution >= 0.6 is 0 Å². The topological polar surface area (TPSA) is 84.7 Å². The van der Waals surface area contributed by atoms with Crippen LogP contribution in [0.1, 0.15) is 40.0 Å². The van der Waals surface area contributed by atoms with Gasteiger partial charge in [0.05, 0.1) is 0 Å². The zero-order chi connectivity index (χ0) is 15.5. The molecular formula is C14H27N3O3. The van der Waals surface area contributed by atoms with Crippen LogP contribution in [-0.4, -0.2) is 48.7 Å². The Labute approximate surface area is 121 Å². The van der Waals surface area contributed by atoms with Crippen molar-refractivity contribution in [1.82, 2.24) is 10.2 Å². The Morgan fingerprint density at radius 3 is 2.35 bits per heavy atom. The molecular weight excluding hydrogens is 258 g/mol. The molecule has 0 aromatic heterocycles. The molecule has 0 aromatic rings. The number of rotatable bonds is 2. The molecule has 0 aliphatic heterocycles. The molecule has 2 amide bonds. The summed E-state index contributed by atoms with van der Waals surface area (Å²) < 4.78 is 5.23. The normalized spacial score (nSPS) is 26.8. The lowest BCUT2D eigenvalue weighted by Gasteiger charge is -2.35. The second-order valence-electron chi connectivity index (χ2n) is 6.66. The van der Waals surface area contributed by atoms with Crippen molar-refractivity contribution in [3.05, 3.63) is 0 Å². The van der Waals surface area contributed by atoms with Crippen LogP contribution < -0.4 is 11.1 Å². The predicted molar refractivity (Wildman–Crippen MR) is 77.2 cm³/mol. The first-order valence-corrected chi connectivity index (χ1v) is 7.06. The monoisotopic (exact) mass is 285 g/mol. The van der Waals surface area contributed by atoms with E-state index in [9.17, 15) is 9.59 Å². The van der Waals surface area contributed by atoms with Gasteiger partial charge >= 0.3 is 6.09 Å². The van der Waals surface area contributed by atoms with Gasteiger partial charge in [0.25, 0.3) is 0 Å². The number of carbonyl (C=O) groups is 2. The summed E-state index contributed by atoms with van der Waals surface area (Å²) in [7, 11) is 3.49. The zero-order valence-electron chi connectivity index (χ0n) is 13.1. The first-order chi connectivity index (χ1) is 9.10. The third kappa shape index (κ3) is 5.00. The van der Waals surface area contributed by atoms with Crippen molar-refractivity contribution in [2.24, 2.45) is 11.7 Å². The summed E-state index contributed by atoms with van der Waals surface area (Å²) in [6.07, 6.45) is 1.59. The lowest BCUT2D eigenvalue weighted by Crippen LogP contribution is -2.53. The largest absolute Gasteiger partial charge is 0.444 e. The molecule has 0 radical (unpaired) electrons. The van der Waals surface area contributed by atoms with Crippen molar-refractivity contribution < 1.29 is 14.3 Å². The smallest absolute Gasteiger partial charge is 0.407 e. The molecule has 6 nitrogen and oxygen atoms in total. The molecule has 0 bridgehead atoms. The minimum Gasteiger partial charge on any atom is -0.444 e. The van der Waals surface area contributed by atoms with E-state index in [1.165, 1.54) is 0 Å². The van der Waals surface area contributed by atoms with Crippen LogP contribution in [-0.2, 0) is 9.53 Å². The van der Waals surface area contributed by atoms with E-state index >= 15 is 0 Å². The molecule has 3 atom stereocenters. The van der Waals surface area contributed by atoms with Gasteiger partial charge in [-0.1, -0.05) is 0 Å². The fraction of sp³-hybridized carbons (Fsp3) is 0.857. The third-order valence-corrected chi connectivity index (χ3v) is 3.40. The molecule has 116 valence electrons. The maximum atomic E-state index is 12.0. The average molecular weight is 285 g/mol. The Hall–Kier alpha value is -1.30. The Kier molecular flexibility index (Phi) is 5.39. The molecule has 0 unspecified atom stereocenters. The number of nitrogens with zero attached hydrogens (tertiary/aromatic N) is 1. The van der Waals surface area contributed by atoms with Crippen LogP contribution in [0.2, 0.25) is 0 Å². The second-order valence-corrected chi connectivity index (χ2v) is 6.66. The molecule has 0 heterocycles. The Morgan fingerprint density at radius 2 is 1.85 bits per heavy atom. The standard InChI is InChI=1S/C14H27N3O3/c1-14(2,3)20-13(19)16-11-8-9(6-7-10(11)15)12(18)17(4)5/h9-11H,6-8,15H2,1-5H3,(H,16,19)/t9-,10+,11+/m1/s1. The van der Waals surface area contributed by atoms with Crippen LogP contribution in [0.25, 0.3) is 0 Å². The van der Waals surface area contributed by atoms with E-state index in [1.54, 1.807) is 19.0 Å². The molecule has 1 rings (SSSR count). The van der Waals surface area contributed by atoms with Crippen LogP contribution in [0.3, 0.4) is 0 Å². The summed E-state index contributed by atoms with van der Waals surface area (Å²) in [6.45, 7) is 5.43. The summed E-state index contributed by atoms with van der Waals surface area (Å²) in [6, 6.07) is -0.346. The summed E-state index contributed by atoms with van der Waals surface area (Å²) in [4.78, 5) is 25.4. The number of nitrogens with two attached hydrogens (primary N) is 1. The summed E-state index contributed by atoms with van der Waals surface area (Å²) in [5.74, 6) is 0.0117. The molecule has 3 N–H and O–H groups in total. The fourth-order valence-corrected chi connectivity index (χ4v) is 2.41. The van der Waals surface area contributed by atoms with Crippen LogP contribution in [0.5, 0.6) is 0 Å². The van der Waals surface area contributed by atoms with Crippen molar-refractivity contribution in [3.63, 3.8) is 0 Å². The van der Waals surface area contributed by atoms with Gasteiger partial charge in [-0.25, -0.2) is 4.79 Å². The van der Waals surface area contributed by atoms with E-state index in [0.29, 0.717) is 6.42 Å². The number of hydrogen-bond donors (Lipinski definition) is 2. The van der Waals surface area contributed by atoms with E-state index in [0.717, 1.165) is 12.8 Å². The minimum atomic E-state index is -0.540. The first kappa shape index (κ1) is 16.8. The first-order valence-electron chi connectivity index (χ1n) is 7.06. The molecule has 6 heteroatoms. The maximum Gasteiger partial charge on any atom is 0.407 e. The van der Waals surface area contributed by atoms with Gasteiger partial charge in [-0.3, -0.25) is 4.79 Å². The van der Waals surface area contributed by atoms with Crippen LogP contribution in [0, 0.1) is 5.92 Å². The van der Waals surface area contributed by atoms with Gasteiger partial charge in [0, 0.05) is 32.1 Å². The average Bonchev–Trinajstić information content (AvgIpc) is 2.28. The Bertz CT molecular complexity index is 363. The molecule has 1 aliphatic rings. The highest BCUT2D eigenvalue weighted by Gasteiger charge is 2.34. The summed E-state index contributed by atoms with van der Waals surface area (Å²) in [5.41, 5.74) is 5.49. The highest BCUT2D eigenvalue weighted by molar-refractivity contribution is 5.78. The molecule has 1 fully saturated rings. The van der Waals surface area contributed by atoms with Crippen molar-refractivity contribution in [3.8, 4) is 0 Å². The fourth-order valence-electron chi connectivity index (χ4n) is 2.41. The van der Waals surface area contributed by atoms with Crippen molar-refractivity contribution in [1.29, 1.82) is 0 Å². The SMILES string of the molecule is CN(C)C(=O)[C@@H]1CC[C@H](N)[C@@H](NC(=O)OC(C)(C)C)C1. The third-order valence-electron chi connectivity index (χ3n) is 3.40. The van der Waals surface area contributed by atoms with E-state index in [4.69, 9.17) is 10.5 Å². The van der Waals surface area contributed by atoms with Gasteiger partial charge in [0.1, 0.15) is 5.60 Å². The molecule has 0 aromatic carbocycles. The quantitative estimate of drug-likeness (QED) is 0.795. The van der Waals surface area contributed by atoms with Crippen molar-refractivity contribution in [2.45, 2.75) is 57.7 Å². The van der Waals surface area contributed by atoms with Gasteiger partial charge < -0.3 is 20.7 Å². The number of amides is 2. The van der Waals surface area contributed by atoms with Gasteiger partial charge in [-0.15, -0.1) is 0 Å².